The van der Waals surface area contributed by atoms with Gasteiger partial charge in [0.15, 0.2) is 0 Å². The van der Waals surface area contributed by atoms with Gasteiger partial charge in [-0.3, -0.25) is 19.9 Å². The molecule has 0 spiro atoms. The number of rotatable bonds is 6. The van der Waals surface area contributed by atoms with Gasteiger partial charge in [-0.15, -0.1) is 0 Å². The predicted octanol–water partition coefficient (Wildman–Crippen LogP) is 3.83. The van der Waals surface area contributed by atoms with Gasteiger partial charge in [0.2, 0.25) is 11.7 Å². The number of benzene rings is 2. The van der Waals surface area contributed by atoms with Crippen LogP contribution in [0.5, 0.6) is 0 Å². The van der Waals surface area contributed by atoms with Gasteiger partial charge >= 0.3 is 0 Å². The maximum atomic E-state index is 11.2. The lowest BCUT2D eigenvalue weighted by atomic mass is 10.1. The third-order valence-electron chi connectivity index (χ3n) is 5.65. The van der Waals surface area contributed by atoms with Crippen molar-refractivity contribution in [2.45, 2.75) is 26.4 Å². The fourth-order valence-corrected chi connectivity index (χ4v) is 3.75. The second kappa shape index (κ2) is 8.73. The summed E-state index contributed by atoms with van der Waals surface area (Å²) < 4.78 is 5.54. The summed E-state index contributed by atoms with van der Waals surface area (Å²) in [5, 5.41) is 15.4. The zero-order chi connectivity index (χ0) is 21.1. The minimum atomic E-state index is -0.311. The highest BCUT2D eigenvalue weighted by atomic mass is 16.6. The summed E-state index contributed by atoms with van der Waals surface area (Å²) >= 11 is 0. The fraction of sp³-hybridized carbons (Fsp3) is 0.364. The first kappa shape index (κ1) is 20.2. The molecule has 0 saturated carbocycles. The number of piperazine rings is 1. The molecule has 1 aliphatic rings. The standard InChI is InChI=1S/C22H25N5O3/c1-16-7-9-18(10-8-16)21-23-22(30-24-21)17(2)26-13-11-25(12-14-26)15-19-5-3-4-6-20(19)27(28)29/h3-10,17H,11-15H2,1-2H3/t17-/m1/s1. The highest BCUT2D eigenvalue weighted by Gasteiger charge is 2.27. The van der Waals surface area contributed by atoms with Crippen LogP contribution in [0.15, 0.2) is 53.1 Å². The Morgan fingerprint density at radius 2 is 1.80 bits per heavy atom. The lowest BCUT2D eigenvalue weighted by Gasteiger charge is -2.36. The highest BCUT2D eigenvalue weighted by Crippen LogP contribution is 2.25. The van der Waals surface area contributed by atoms with Crippen LogP contribution < -0.4 is 0 Å². The molecule has 1 saturated heterocycles. The van der Waals surface area contributed by atoms with Crippen molar-refractivity contribution in [3.63, 3.8) is 0 Å². The van der Waals surface area contributed by atoms with Crippen molar-refractivity contribution < 1.29 is 9.45 Å². The summed E-state index contributed by atoms with van der Waals surface area (Å²) in [6, 6.07) is 15.0. The lowest BCUT2D eigenvalue weighted by Crippen LogP contribution is -2.46. The third kappa shape index (κ3) is 4.39. The Morgan fingerprint density at radius 3 is 2.50 bits per heavy atom. The van der Waals surface area contributed by atoms with Gasteiger partial charge in [0.05, 0.1) is 11.0 Å². The van der Waals surface area contributed by atoms with E-state index in [1.165, 1.54) is 5.56 Å². The number of nitro groups is 1. The van der Waals surface area contributed by atoms with E-state index in [-0.39, 0.29) is 16.7 Å². The molecule has 2 heterocycles. The Balaban J connectivity index is 1.36. The van der Waals surface area contributed by atoms with Gasteiger partial charge in [-0.2, -0.15) is 4.98 Å². The minimum absolute atomic E-state index is 0.0184. The molecule has 8 nitrogen and oxygen atoms in total. The summed E-state index contributed by atoms with van der Waals surface area (Å²) in [6.45, 7) is 8.03. The molecule has 0 N–H and O–H groups in total. The summed E-state index contributed by atoms with van der Waals surface area (Å²) in [6.07, 6.45) is 0. The number of hydrogen-bond donors (Lipinski definition) is 0. The van der Waals surface area contributed by atoms with Crippen molar-refractivity contribution >= 4 is 5.69 Å². The Labute approximate surface area is 175 Å². The molecule has 30 heavy (non-hydrogen) atoms. The smallest absolute Gasteiger partial charge is 0.273 e. The van der Waals surface area contributed by atoms with E-state index in [4.69, 9.17) is 4.52 Å². The average Bonchev–Trinajstić information content (AvgIpc) is 3.25. The van der Waals surface area contributed by atoms with Crippen LogP contribution in [-0.4, -0.2) is 51.0 Å². The number of nitro benzene ring substituents is 1. The summed E-state index contributed by atoms with van der Waals surface area (Å²) in [7, 11) is 0. The van der Waals surface area contributed by atoms with E-state index in [0.717, 1.165) is 37.3 Å². The van der Waals surface area contributed by atoms with E-state index in [1.54, 1.807) is 12.1 Å². The molecular formula is C22H25N5O3. The van der Waals surface area contributed by atoms with Gasteiger partial charge in [0, 0.05) is 49.9 Å². The lowest BCUT2D eigenvalue weighted by molar-refractivity contribution is -0.385. The highest BCUT2D eigenvalue weighted by molar-refractivity contribution is 5.54. The van der Waals surface area contributed by atoms with Crippen molar-refractivity contribution in [1.82, 2.24) is 19.9 Å². The summed E-state index contributed by atoms with van der Waals surface area (Å²) in [4.78, 5) is 20.1. The average molecular weight is 407 g/mol. The second-order valence-corrected chi connectivity index (χ2v) is 7.70. The zero-order valence-corrected chi connectivity index (χ0v) is 17.2. The Morgan fingerprint density at radius 1 is 1.10 bits per heavy atom. The molecule has 2 aromatic carbocycles. The number of nitrogens with zero attached hydrogens (tertiary/aromatic N) is 5. The summed E-state index contributed by atoms with van der Waals surface area (Å²) in [5.41, 5.74) is 3.07. The third-order valence-corrected chi connectivity index (χ3v) is 5.65. The van der Waals surface area contributed by atoms with Crippen molar-refractivity contribution in [2.24, 2.45) is 0 Å². The van der Waals surface area contributed by atoms with Crippen LogP contribution >= 0.6 is 0 Å². The van der Waals surface area contributed by atoms with Crippen LogP contribution in [0, 0.1) is 17.0 Å². The molecule has 1 aliphatic heterocycles. The molecule has 8 heteroatoms. The van der Waals surface area contributed by atoms with Gasteiger partial charge in [0.1, 0.15) is 0 Å². The second-order valence-electron chi connectivity index (χ2n) is 7.70. The normalized spacial score (nSPS) is 16.5. The number of aryl methyl sites for hydroxylation is 1. The first-order valence-corrected chi connectivity index (χ1v) is 10.1. The van der Waals surface area contributed by atoms with Crippen molar-refractivity contribution in [1.29, 1.82) is 0 Å². The molecule has 3 aromatic rings. The molecule has 0 unspecified atom stereocenters. The van der Waals surface area contributed by atoms with E-state index >= 15 is 0 Å². The van der Waals surface area contributed by atoms with Crippen molar-refractivity contribution in [3.05, 3.63) is 75.7 Å². The molecule has 156 valence electrons. The molecular weight excluding hydrogens is 382 g/mol. The van der Waals surface area contributed by atoms with Crippen molar-refractivity contribution in [3.8, 4) is 11.4 Å². The van der Waals surface area contributed by atoms with Crippen molar-refractivity contribution in [2.75, 3.05) is 26.2 Å². The van der Waals surface area contributed by atoms with E-state index in [2.05, 4.69) is 26.9 Å². The van der Waals surface area contributed by atoms with Crippen LogP contribution in [0.3, 0.4) is 0 Å². The molecule has 1 aromatic heterocycles. The first-order valence-electron chi connectivity index (χ1n) is 10.1. The molecule has 1 fully saturated rings. The quantitative estimate of drug-likeness (QED) is 0.453. The number of hydrogen-bond acceptors (Lipinski definition) is 7. The topological polar surface area (TPSA) is 88.5 Å². The summed E-state index contributed by atoms with van der Waals surface area (Å²) in [5.74, 6) is 1.21. The van der Waals surface area contributed by atoms with Gasteiger partial charge in [0.25, 0.3) is 5.69 Å². The monoisotopic (exact) mass is 407 g/mol. The molecule has 0 amide bonds. The SMILES string of the molecule is Cc1ccc(-c2noc([C@@H](C)N3CCN(Cc4ccccc4[N+](=O)[O-])CC3)n2)cc1. The molecule has 0 radical (unpaired) electrons. The zero-order valence-electron chi connectivity index (χ0n) is 17.2. The van der Waals surface area contributed by atoms with Gasteiger partial charge < -0.3 is 4.52 Å². The minimum Gasteiger partial charge on any atom is -0.337 e. The van der Waals surface area contributed by atoms with Crippen LogP contribution in [0.4, 0.5) is 5.69 Å². The molecule has 0 aliphatic carbocycles. The van der Waals surface area contributed by atoms with E-state index in [1.807, 2.05) is 43.3 Å². The van der Waals surface area contributed by atoms with E-state index in [0.29, 0.717) is 18.3 Å². The maximum absolute atomic E-state index is 11.2. The number of aromatic nitrogens is 2. The van der Waals surface area contributed by atoms with Crippen LogP contribution in [0.25, 0.3) is 11.4 Å². The van der Waals surface area contributed by atoms with Crippen LogP contribution in [0.2, 0.25) is 0 Å². The Hall–Kier alpha value is -3.10. The predicted molar refractivity (Wildman–Crippen MR) is 113 cm³/mol. The Kier molecular flexibility index (Phi) is 5.87. The van der Waals surface area contributed by atoms with E-state index < -0.39 is 0 Å². The van der Waals surface area contributed by atoms with Crippen LogP contribution in [0.1, 0.15) is 30.0 Å². The molecule has 0 bridgehead atoms. The van der Waals surface area contributed by atoms with E-state index in [9.17, 15) is 10.1 Å². The first-order chi connectivity index (χ1) is 14.5. The fourth-order valence-electron chi connectivity index (χ4n) is 3.75. The largest absolute Gasteiger partial charge is 0.337 e. The maximum Gasteiger partial charge on any atom is 0.273 e. The van der Waals surface area contributed by atoms with Gasteiger partial charge in [-0.1, -0.05) is 53.2 Å². The molecule has 4 rings (SSSR count). The van der Waals surface area contributed by atoms with Gasteiger partial charge in [-0.25, -0.2) is 0 Å². The van der Waals surface area contributed by atoms with Gasteiger partial charge in [-0.05, 0) is 13.8 Å². The molecule has 1 atom stereocenters. The van der Waals surface area contributed by atoms with Crippen LogP contribution in [-0.2, 0) is 6.54 Å². The Bertz CT molecular complexity index is 1010. The number of para-hydroxylation sites is 1.